The number of hydrogen-bond donors (Lipinski definition) is 0. The van der Waals surface area contributed by atoms with Gasteiger partial charge < -0.3 is 4.57 Å². The Kier molecular flexibility index (Phi) is 2.97. The molecule has 1 heterocycles. The molecule has 0 saturated carbocycles. The predicted molar refractivity (Wildman–Crippen MR) is 95.9 cm³/mol. The molecule has 2 atom stereocenters. The molecule has 4 rings (SSSR count). The quantitative estimate of drug-likeness (QED) is 0.534. The molecule has 0 radical (unpaired) electrons. The van der Waals surface area contributed by atoms with Crippen molar-refractivity contribution in [2.75, 3.05) is 0 Å². The number of rotatable bonds is 1. The van der Waals surface area contributed by atoms with Gasteiger partial charge in [0, 0.05) is 16.5 Å². The average Bonchev–Trinajstić information content (AvgIpc) is 2.84. The Hall–Kier alpha value is -2.28. The molecule has 22 heavy (non-hydrogen) atoms. The van der Waals surface area contributed by atoms with Crippen LogP contribution in [0.3, 0.4) is 0 Å². The minimum absolute atomic E-state index is 0.571. The second-order valence-corrected chi connectivity index (χ2v) is 6.54. The third kappa shape index (κ3) is 1.93. The van der Waals surface area contributed by atoms with Crippen LogP contribution in [0.15, 0.2) is 60.7 Å². The van der Waals surface area contributed by atoms with Crippen LogP contribution in [0, 0.1) is 18.8 Å². The molecule has 0 amide bonds. The number of benzene rings is 2. The minimum atomic E-state index is 0.571. The second kappa shape index (κ2) is 4.88. The van der Waals surface area contributed by atoms with Crippen molar-refractivity contribution < 1.29 is 0 Å². The van der Waals surface area contributed by atoms with Crippen molar-refractivity contribution in [2.24, 2.45) is 11.8 Å². The summed E-state index contributed by atoms with van der Waals surface area (Å²) in [5.74, 6) is 1.18. The van der Waals surface area contributed by atoms with Gasteiger partial charge in [0.15, 0.2) is 0 Å². The Morgan fingerprint density at radius 3 is 2.45 bits per heavy atom. The highest BCUT2D eigenvalue weighted by Crippen LogP contribution is 2.35. The highest BCUT2D eigenvalue weighted by molar-refractivity contribution is 6.10. The first-order valence-electron chi connectivity index (χ1n) is 8.05. The van der Waals surface area contributed by atoms with E-state index in [0.717, 1.165) is 0 Å². The summed E-state index contributed by atoms with van der Waals surface area (Å²) in [5.41, 5.74) is 5.19. The van der Waals surface area contributed by atoms with E-state index in [9.17, 15) is 0 Å². The molecule has 1 nitrogen and oxygen atoms in total. The smallest absolute Gasteiger partial charge is 0.0541 e. The fourth-order valence-corrected chi connectivity index (χ4v) is 3.42. The summed E-state index contributed by atoms with van der Waals surface area (Å²) in [6.45, 7) is 6.74. The lowest BCUT2D eigenvalue weighted by atomic mass is 9.90. The Bertz CT molecular complexity index is 924. The van der Waals surface area contributed by atoms with Gasteiger partial charge in [-0.05, 0) is 43.0 Å². The number of aryl methyl sites for hydroxylation is 1. The maximum Gasteiger partial charge on any atom is 0.0541 e. The van der Waals surface area contributed by atoms with Crippen LogP contribution in [0.2, 0.25) is 0 Å². The van der Waals surface area contributed by atoms with Gasteiger partial charge in [0.05, 0.1) is 11.0 Å². The molecule has 110 valence electrons. The topological polar surface area (TPSA) is 4.93 Å². The molecule has 0 bridgehead atoms. The zero-order valence-corrected chi connectivity index (χ0v) is 13.4. The molecule has 0 aliphatic heterocycles. The lowest BCUT2D eigenvalue weighted by Gasteiger charge is -2.20. The van der Waals surface area contributed by atoms with Crippen LogP contribution in [-0.4, -0.2) is 4.57 Å². The summed E-state index contributed by atoms with van der Waals surface area (Å²) in [7, 11) is 0. The maximum atomic E-state index is 2.41. The number of aromatic nitrogens is 1. The Morgan fingerprint density at radius 1 is 0.864 bits per heavy atom. The molecule has 0 N–H and O–H groups in total. The lowest BCUT2D eigenvalue weighted by molar-refractivity contribution is 0.552. The van der Waals surface area contributed by atoms with Crippen LogP contribution in [0.1, 0.15) is 19.4 Å². The monoisotopic (exact) mass is 287 g/mol. The van der Waals surface area contributed by atoms with Gasteiger partial charge in [-0.25, -0.2) is 0 Å². The zero-order chi connectivity index (χ0) is 15.3. The average molecular weight is 287 g/mol. The second-order valence-electron chi connectivity index (χ2n) is 6.54. The molecule has 1 aromatic heterocycles. The molecule has 1 heteroatoms. The van der Waals surface area contributed by atoms with Crippen LogP contribution >= 0.6 is 0 Å². The number of nitrogens with zero attached hydrogens (tertiary/aromatic N) is 1. The molecule has 1 aliphatic rings. The van der Waals surface area contributed by atoms with Gasteiger partial charge in [-0.15, -0.1) is 0 Å². The molecular weight excluding hydrogens is 266 g/mol. The van der Waals surface area contributed by atoms with E-state index in [1.54, 1.807) is 0 Å². The third-order valence-corrected chi connectivity index (χ3v) is 4.92. The van der Waals surface area contributed by atoms with E-state index >= 15 is 0 Å². The first-order chi connectivity index (χ1) is 10.6. The summed E-state index contributed by atoms with van der Waals surface area (Å²) in [6, 6.07) is 15.5. The third-order valence-electron chi connectivity index (χ3n) is 4.92. The lowest BCUT2D eigenvalue weighted by Crippen LogP contribution is -2.09. The van der Waals surface area contributed by atoms with Crippen molar-refractivity contribution in [1.29, 1.82) is 0 Å². The summed E-state index contributed by atoms with van der Waals surface area (Å²) in [5, 5.41) is 2.68. The first kappa shape index (κ1) is 13.4. The molecule has 3 aromatic rings. The van der Waals surface area contributed by atoms with Crippen molar-refractivity contribution in [3.8, 4) is 0 Å². The van der Waals surface area contributed by atoms with Gasteiger partial charge in [-0.2, -0.15) is 0 Å². The van der Waals surface area contributed by atoms with Crippen molar-refractivity contribution >= 4 is 27.5 Å². The van der Waals surface area contributed by atoms with Crippen molar-refractivity contribution in [3.63, 3.8) is 0 Å². The summed E-state index contributed by atoms with van der Waals surface area (Å²) >= 11 is 0. The SMILES string of the molecule is Cc1ccc2c(c1)c1ccccc1n2C1=CC(C)C(C)C=C1. The van der Waals surface area contributed by atoms with E-state index in [1.807, 2.05) is 0 Å². The Balaban J connectivity index is 2.08. The number of fused-ring (bicyclic) bond motifs is 3. The van der Waals surface area contributed by atoms with Crippen LogP contribution < -0.4 is 0 Å². The molecule has 2 aromatic carbocycles. The van der Waals surface area contributed by atoms with Crippen LogP contribution in [0.4, 0.5) is 0 Å². The zero-order valence-electron chi connectivity index (χ0n) is 13.4. The minimum Gasteiger partial charge on any atom is -0.310 e. The van der Waals surface area contributed by atoms with Crippen molar-refractivity contribution in [2.45, 2.75) is 20.8 Å². The summed E-state index contributed by atoms with van der Waals surface area (Å²) in [4.78, 5) is 0. The van der Waals surface area contributed by atoms with Gasteiger partial charge in [0.25, 0.3) is 0 Å². The molecule has 0 saturated heterocycles. The Labute approximate surface area is 131 Å². The maximum absolute atomic E-state index is 2.41. The summed E-state index contributed by atoms with van der Waals surface area (Å²) < 4.78 is 2.41. The van der Waals surface area contributed by atoms with E-state index in [0.29, 0.717) is 11.8 Å². The van der Waals surface area contributed by atoms with E-state index in [-0.39, 0.29) is 0 Å². The van der Waals surface area contributed by atoms with Crippen LogP contribution in [0.5, 0.6) is 0 Å². The number of para-hydroxylation sites is 1. The van der Waals surface area contributed by atoms with Crippen LogP contribution in [-0.2, 0) is 0 Å². The highest BCUT2D eigenvalue weighted by atomic mass is 15.0. The standard InChI is InChI=1S/C21H21N/c1-14-8-11-21-19(12-14)18-6-4-5-7-20(18)22(21)17-10-9-15(2)16(3)13-17/h4-13,15-16H,1-3H3. The molecule has 2 unspecified atom stereocenters. The number of allylic oxidation sites excluding steroid dienone is 4. The Morgan fingerprint density at radius 2 is 1.64 bits per heavy atom. The fourth-order valence-electron chi connectivity index (χ4n) is 3.42. The first-order valence-corrected chi connectivity index (χ1v) is 8.05. The van der Waals surface area contributed by atoms with Gasteiger partial charge in [0.1, 0.15) is 0 Å². The largest absolute Gasteiger partial charge is 0.310 e. The summed E-state index contributed by atoms with van der Waals surface area (Å²) in [6.07, 6.45) is 7.00. The van der Waals surface area contributed by atoms with E-state index < -0.39 is 0 Å². The van der Waals surface area contributed by atoms with Gasteiger partial charge in [0.2, 0.25) is 0 Å². The van der Waals surface area contributed by atoms with E-state index in [1.165, 1.54) is 33.1 Å². The predicted octanol–water partition coefficient (Wildman–Crippen LogP) is 5.79. The fraction of sp³-hybridized carbons (Fsp3) is 0.238. The van der Waals surface area contributed by atoms with Gasteiger partial charge in [-0.1, -0.05) is 55.8 Å². The normalized spacial score (nSPS) is 21.5. The molecule has 0 spiro atoms. The van der Waals surface area contributed by atoms with E-state index in [4.69, 9.17) is 0 Å². The molecular formula is C21H21N. The van der Waals surface area contributed by atoms with E-state index in [2.05, 4.69) is 86.0 Å². The van der Waals surface area contributed by atoms with Crippen molar-refractivity contribution in [1.82, 2.24) is 4.57 Å². The molecule has 0 fully saturated rings. The number of hydrogen-bond acceptors (Lipinski definition) is 0. The molecule has 1 aliphatic carbocycles. The van der Waals surface area contributed by atoms with Gasteiger partial charge >= 0.3 is 0 Å². The highest BCUT2D eigenvalue weighted by Gasteiger charge is 2.17. The van der Waals surface area contributed by atoms with Crippen LogP contribution in [0.25, 0.3) is 27.5 Å². The van der Waals surface area contributed by atoms with Crippen molar-refractivity contribution in [3.05, 3.63) is 66.3 Å². The van der Waals surface area contributed by atoms with Gasteiger partial charge in [-0.3, -0.25) is 0 Å².